The third kappa shape index (κ3) is 2.88. The third-order valence-corrected chi connectivity index (χ3v) is 3.70. The second-order valence-corrected chi connectivity index (χ2v) is 5.37. The van der Waals surface area contributed by atoms with E-state index in [0.29, 0.717) is 22.6 Å². The second-order valence-electron chi connectivity index (χ2n) is 5.37. The van der Waals surface area contributed by atoms with Gasteiger partial charge in [0.2, 0.25) is 5.78 Å². The summed E-state index contributed by atoms with van der Waals surface area (Å²) in [6.07, 6.45) is 1.67. The lowest BCUT2D eigenvalue weighted by atomic mass is 10.1. The van der Waals surface area contributed by atoms with E-state index in [0.717, 1.165) is 11.3 Å². The van der Waals surface area contributed by atoms with E-state index in [-0.39, 0.29) is 11.5 Å². The standard InChI is InChI=1S/C19H16O5/c1-11-16(23-12(2)20)9-8-15-18(21)17(24-19(11)15)10-13-4-6-14(22-3)7-5-13/h4-10H,1-3H3/b17-10-. The van der Waals surface area contributed by atoms with E-state index in [9.17, 15) is 9.59 Å². The molecule has 3 rings (SSSR count). The highest BCUT2D eigenvalue weighted by Gasteiger charge is 2.30. The van der Waals surface area contributed by atoms with Crippen molar-refractivity contribution in [3.63, 3.8) is 0 Å². The maximum atomic E-state index is 12.5. The summed E-state index contributed by atoms with van der Waals surface area (Å²) in [7, 11) is 1.59. The monoisotopic (exact) mass is 324 g/mol. The minimum absolute atomic E-state index is 0.196. The molecule has 2 aromatic rings. The number of esters is 1. The van der Waals surface area contributed by atoms with E-state index >= 15 is 0 Å². The number of hydrogen-bond donors (Lipinski definition) is 0. The van der Waals surface area contributed by atoms with Crippen LogP contribution in [0.5, 0.6) is 17.2 Å². The molecule has 24 heavy (non-hydrogen) atoms. The normalized spacial score (nSPS) is 14.3. The number of rotatable bonds is 3. The van der Waals surface area contributed by atoms with Gasteiger partial charge in [-0.3, -0.25) is 9.59 Å². The van der Waals surface area contributed by atoms with Gasteiger partial charge in [0.05, 0.1) is 12.7 Å². The summed E-state index contributed by atoms with van der Waals surface area (Å²) in [6.45, 7) is 3.08. The van der Waals surface area contributed by atoms with Gasteiger partial charge >= 0.3 is 5.97 Å². The molecule has 122 valence electrons. The highest BCUT2D eigenvalue weighted by atomic mass is 16.5. The van der Waals surface area contributed by atoms with Crippen molar-refractivity contribution in [3.8, 4) is 17.2 Å². The molecule has 0 bridgehead atoms. The number of benzene rings is 2. The van der Waals surface area contributed by atoms with Crippen LogP contribution in [-0.4, -0.2) is 18.9 Å². The highest BCUT2D eigenvalue weighted by Crippen LogP contribution is 2.39. The number of hydrogen-bond acceptors (Lipinski definition) is 5. The van der Waals surface area contributed by atoms with Gasteiger partial charge in [0.15, 0.2) is 5.76 Å². The smallest absolute Gasteiger partial charge is 0.308 e. The van der Waals surface area contributed by atoms with Crippen LogP contribution in [0, 0.1) is 6.92 Å². The summed E-state index contributed by atoms with van der Waals surface area (Å²) >= 11 is 0. The SMILES string of the molecule is COc1ccc(/C=C2\Oc3c(ccc(OC(C)=O)c3C)C2=O)cc1. The van der Waals surface area contributed by atoms with Crippen molar-refractivity contribution in [2.75, 3.05) is 7.11 Å². The van der Waals surface area contributed by atoms with Crippen LogP contribution in [0.2, 0.25) is 0 Å². The van der Waals surface area contributed by atoms with Crippen molar-refractivity contribution in [1.82, 2.24) is 0 Å². The summed E-state index contributed by atoms with van der Waals surface area (Å²) in [5.41, 5.74) is 1.90. The lowest BCUT2D eigenvalue weighted by Crippen LogP contribution is -2.03. The third-order valence-electron chi connectivity index (χ3n) is 3.70. The first-order chi connectivity index (χ1) is 11.5. The first kappa shape index (κ1) is 15.8. The highest BCUT2D eigenvalue weighted by molar-refractivity contribution is 6.15. The molecule has 2 aromatic carbocycles. The molecule has 1 heterocycles. The van der Waals surface area contributed by atoms with Gasteiger partial charge in [-0.05, 0) is 42.8 Å². The summed E-state index contributed by atoms with van der Waals surface area (Å²) in [6, 6.07) is 10.5. The number of allylic oxidation sites excluding steroid dienone is 1. The molecule has 1 aliphatic rings. The van der Waals surface area contributed by atoms with Crippen molar-refractivity contribution in [2.45, 2.75) is 13.8 Å². The van der Waals surface area contributed by atoms with Crippen molar-refractivity contribution >= 4 is 17.8 Å². The zero-order valence-corrected chi connectivity index (χ0v) is 13.6. The van der Waals surface area contributed by atoms with Crippen molar-refractivity contribution in [3.05, 3.63) is 58.8 Å². The molecular weight excluding hydrogens is 308 g/mol. The minimum Gasteiger partial charge on any atom is -0.497 e. The van der Waals surface area contributed by atoms with Crippen LogP contribution in [-0.2, 0) is 4.79 Å². The van der Waals surface area contributed by atoms with E-state index < -0.39 is 5.97 Å². The average Bonchev–Trinajstić information content (AvgIpc) is 2.88. The van der Waals surface area contributed by atoms with Crippen LogP contribution in [0.3, 0.4) is 0 Å². The van der Waals surface area contributed by atoms with Crippen LogP contribution >= 0.6 is 0 Å². The number of ether oxygens (including phenoxy) is 3. The molecule has 0 saturated heterocycles. The van der Waals surface area contributed by atoms with E-state index in [2.05, 4.69) is 0 Å². The maximum Gasteiger partial charge on any atom is 0.308 e. The number of carbonyl (C=O) groups excluding carboxylic acids is 2. The molecule has 0 atom stereocenters. The first-order valence-electron chi connectivity index (χ1n) is 7.40. The Labute approximate surface area is 139 Å². The zero-order chi connectivity index (χ0) is 17.3. The summed E-state index contributed by atoms with van der Waals surface area (Å²) < 4.78 is 16.0. The largest absolute Gasteiger partial charge is 0.497 e. The molecule has 0 fully saturated rings. The fourth-order valence-corrected chi connectivity index (χ4v) is 2.48. The predicted octanol–water partition coefficient (Wildman–Crippen LogP) is 3.55. The Hall–Kier alpha value is -3.08. The van der Waals surface area contributed by atoms with Gasteiger partial charge in [0.25, 0.3) is 0 Å². The molecule has 0 aliphatic carbocycles. The van der Waals surface area contributed by atoms with Crippen LogP contribution in [0.15, 0.2) is 42.2 Å². The Balaban J connectivity index is 1.93. The van der Waals surface area contributed by atoms with Crippen LogP contribution in [0.25, 0.3) is 6.08 Å². The topological polar surface area (TPSA) is 61.8 Å². The Morgan fingerprint density at radius 2 is 1.83 bits per heavy atom. The lowest BCUT2D eigenvalue weighted by molar-refractivity contribution is -0.131. The molecule has 0 radical (unpaired) electrons. The summed E-state index contributed by atoms with van der Waals surface area (Å²) in [5.74, 6) is 1.17. The van der Waals surface area contributed by atoms with Crippen LogP contribution in [0.1, 0.15) is 28.4 Å². The van der Waals surface area contributed by atoms with Crippen molar-refractivity contribution in [2.24, 2.45) is 0 Å². The molecule has 0 aromatic heterocycles. The van der Waals surface area contributed by atoms with Gasteiger partial charge < -0.3 is 14.2 Å². The Bertz CT molecular complexity index is 847. The number of methoxy groups -OCH3 is 1. The molecule has 5 nitrogen and oxygen atoms in total. The van der Waals surface area contributed by atoms with Gasteiger partial charge in [-0.15, -0.1) is 0 Å². The fraction of sp³-hybridized carbons (Fsp3) is 0.158. The fourth-order valence-electron chi connectivity index (χ4n) is 2.48. The van der Waals surface area contributed by atoms with E-state index in [4.69, 9.17) is 14.2 Å². The van der Waals surface area contributed by atoms with Crippen molar-refractivity contribution in [1.29, 1.82) is 0 Å². The minimum atomic E-state index is -0.420. The lowest BCUT2D eigenvalue weighted by Gasteiger charge is -2.08. The molecular formula is C19H16O5. The molecule has 5 heteroatoms. The molecule has 0 amide bonds. The molecule has 1 aliphatic heterocycles. The van der Waals surface area contributed by atoms with Gasteiger partial charge in [-0.25, -0.2) is 0 Å². The molecule has 0 saturated carbocycles. The Morgan fingerprint density at radius 3 is 2.46 bits per heavy atom. The quantitative estimate of drug-likeness (QED) is 0.491. The maximum absolute atomic E-state index is 12.5. The Kier molecular flexibility index (Phi) is 4.08. The van der Waals surface area contributed by atoms with Gasteiger partial charge in [-0.1, -0.05) is 12.1 Å². The predicted molar refractivity (Wildman–Crippen MR) is 88.4 cm³/mol. The summed E-state index contributed by atoms with van der Waals surface area (Å²) in [5, 5.41) is 0. The van der Waals surface area contributed by atoms with Gasteiger partial charge in [0, 0.05) is 12.5 Å². The molecule has 0 unspecified atom stereocenters. The van der Waals surface area contributed by atoms with Gasteiger partial charge in [0.1, 0.15) is 17.2 Å². The first-order valence-corrected chi connectivity index (χ1v) is 7.40. The number of ketones is 1. The molecule has 0 spiro atoms. The average molecular weight is 324 g/mol. The van der Waals surface area contributed by atoms with E-state index in [1.165, 1.54) is 6.92 Å². The number of carbonyl (C=O) groups is 2. The number of Topliss-reactive ketones (excluding diaryl/α,β-unsaturated/α-hetero) is 1. The van der Waals surface area contributed by atoms with Gasteiger partial charge in [-0.2, -0.15) is 0 Å². The van der Waals surface area contributed by atoms with Crippen LogP contribution < -0.4 is 14.2 Å². The van der Waals surface area contributed by atoms with Crippen molar-refractivity contribution < 1.29 is 23.8 Å². The zero-order valence-electron chi connectivity index (χ0n) is 13.6. The molecule has 0 N–H and O–H groups in total. The Morgan fingerprint density at radius 1 is 1.12 bits per heavy atom. The van der Waals surface area contributed by atoms with E-state index in [1.54, 1.807) is 32.2 Å². The second kappa shape index (κ2) is 6.20. The van der Waals surface area contributed by atoms with E-state index in [1.807, 2.05) is 24.3 Å². The number of fused-ring (bicyclic) bond motifs is 1. The summed E-state index contributed by atoms with van der Waals surface area (Å²) in [4.78, 5) is 23.6. The van der Waals surface area contributed by atoms with Crippen LogP contribution in [0.4, 0.5) is 0 Å².